The summed E-state index contributed by atoms with van der Waals surface area (Å²) in [4.78, 5) is 0. The van der Waals surface area contributed by atoms with Crippen LogP contribution in [0.1, 0.15) is 5.48 Å². The van der Waals surface area contributed by atoms with Crippen LogP contribution in [0.4, 0.5) is 0 Å². The highest BCUT2D eigenvalue weighted by molar-refractivity contribution is 6.25. The van der Waals surface area contributed by atoms with Crippen molar-refractivity contribution >= 4 is 54.3 Å². The van der Waals surface area contributed by atoms with Gasteiger partial charge in [0.05, 0.1) is 5.48 Å². The van der Waals surface area contributed by atoms with E-state index in [-0.39, 0.29) is 24.2 Å². The van der Waals surface area contributed by atoms with Gasteiger partial charge in [0.1, 0.15) is 11.2 Å². The minimum atomic E-state index is -0.194. The van der Waals surface area contributed by atoms with Crippen LogP contribution in [0.3, 0.4) is 0 Å². The van der Waals surface area contributed by atoms with Crippen LogP contribution in [-0.4, -0.2) is 0 Å². The van der Waals surface area contributed by atoms with E-state index in [4.69, 9.17) is 7.16 Å². The van der Waals surface area contributed by atoms with E-state index >= 15 is 0 Å². The Morgan fingerprint density at radius 3 is 1.80 bits per heavy atom. The summed E-state index contributed by atoms with van der Waals surface area (Å²) >= 11 is 0. The predicted molar refractivity (Wildman–Crippen MR) is 208 cm³/mol. The van der Waals surface area contributed by atoms with Crippen molar-refractivity contribution in [3.8, 4) is 44.5 Å². The third-order valence-electron chi connectivity index (χ3n) is 9.72. The fourth-order valence-corrected chi connectivity index (χ4v) is 7.49. The average molecular weight is 627 g/mol. The lowest BCUT2D eigenvalue weighted by Gasteiger charge is -2.18. The topological polar surface area (TPSA) is 13.1 Å². The van der Waals surface area contributed by atoms with Gasteiger partial charge in [-0.15, -0.1) is 0 Å². The predicted octanol–water partition coefficient (Wildman–Crippen LogP) is 13.7. The zero-order valence-corrected chi connectivity index (χ0v) is 26.4. The molecule has 9 aromatic carbocycles. The van der Waals surface area contributed by atoms with Gasteiger partial charge in [0, 0.05) is 10.8 Å². The van der Waals surface area contributed by atoms with Crippen LogP contribution in [0.5, 0.6) is 0 Å². The van der Waals surface area contributed by atoms with E-state index in [9.17, 15) is 2.74 Å². The number of furan rings is 1. The zero-order chi connectivity index (χ0) is 35.8. The van der Waals surface area contributed by atoms with Gasteiger partial charge in [0.25, 0.3) is 0 Å². The summed E-state index contributed by atoms with van der Waals surface area (Å²) in [6.07, 6.45) is 0. The van der Waals surface area contributed by atoms with E-state index in [1.165, 1.54) is 0 Å². The van der Waals surface area contributed by atoms with Crippen LogP contribution in [0, 0.1) is 0 Å². The third kappa shape index (κ3) is 4.47. The molecule has 0 saturated carbocycles. The van der Waals surface area contributed by atoms with E-state index < -0.39 is 0 Å². The number of rotatable bonds is 4. The Morgan fingerprint density at radius 2 is 1.02 bits per heavy atom. The fourth-order valence-electron chi connectivity index (χ4n) is 7.49. The summed E-state index contributed by atoms with van der Waals surface area (Å²) in [5.41, 5.74) is 8.02. The molecule has 0 aliphatic carbocycles. The van der Waals surface area contributed by atoms with Gasteiger partial charge in [-0.3, -0.25) is 0 Å². The Balaban J connectivity index is 1.27. The molecule has 0 unspecified atom stereocenters. The van der Waals surface area contributed by atoms with Crippen molar-refractivity contribution in [3.63, 3.8) is 0 Å². The minimum Gasteiger partial charge on any atom is -0.456 e. The Kier molecular flexibility index (Phi) is 5.38. The first-order valence-electron chi connectivity index (χ1n) is 18.5. The first-order valence-corrected chi connectivity index (χ1v) is 16.5. The fraction of sp³-hybridized carbons (Fsp3) is 0. The van der Waals surface area contributed by atoms with Crippen molar-refractivity contribution in [2.24, 2.45) is 0 Å². The van der Waals surface area contributed by atoms with E-state index in [0.29, 0.717) is 16.7 Å². The molecule has 1 aromatic heterocycles. The second-order valence-electron chi connectivity index (χ2n) is 12.5. The number of hydrogen-bond acceptors (Lipinski definition) is 1. The van der Waals surface area contributed by atoms with Crippen LogP contribution in [0.25, 0.3) is 98.8 Å². The summed E-state index contributed by atoms with van der Waals surface area (Å²) in [6, 6.07) is 52.8. The maximum atomic E-state index is 9.70. The standard InChI is InChI=1S/C48H30O/c1-2-12-31(13-3-1)36-26-27-42-45(30-36)49-44-23-11-22-43(48(42)44)47-40-20-8-6-18-38(40)46(39-19-7-9-21-41(39)47)37-17-10-16-34(29-37)35-25-24-32-14-4-5-15-33(32)28-35/h1-30H/i10D,16D,17D,29D. The molecule has 1 heteroatoms. The Labute approximate surface area is 289 Å². The molecule has 1 nitrogen and oxygen atoms in total. The van der Waals surface area contributed by atoms with Crippen molar-refractivity contribution in [1.82, 2.24) is 0 Å². The second kappa shape index (κ2) is 11.1. The molecule has 49 heavy (non-hydrogen) atoms. The molecule has 0 N–H and O–H groups in total. The Hall–Kier alpha value is -6.44. The van der Waals surface area contributed by atoms with Gasteiger partial charge in [-0.05, 0) is 107 Å². The smallest absolute Gasteiger partial charge is 0.136 e. The molecule has 10 aromatic rings. The molecule has 0 bridgehead atoms. The third-order valence-corrected chi connectivity index (χ3v) is 9.72. The molecule has 228 valence electrons. The highest BCUT2D eigenvalue weighted by atomic mass is 16.3. The summed E-state index contributed by atoms with van der Waals surface area (Å²) in [6.45, 7) is 0. The van der Waals surface area contributed by atoms with E-state index in [2.05, 4.69) is 48.5 Å². The lowest BCUT2D eigenvalue weighted by atomic mass is 9.84. The molecule has 0 radical (unpaired) electrons. The van der Waals surface area contributed by atoms with Crippen molar-refractivity contribution < 1.29 is 9.90 Å². The van der Waals surface area contributed by atoms with Gasteiger partial charge in [-0.25, -0.2) is 0 Å². The molecule has 0 aliphatic rings. The van der Waals surface area contributed by atoms with Crippen molar-refractivity contribution in [2.75, 3.05) is 0 Å². The molecular formula is C48H30O. The summed E-state index contributed by atoms with van der Waals surface area (Å²) in [5, 5.41) is 7.79. The monoisotopic (exact) mass is 626 g/mol. The molecule has 10 rings (SSSR count). The van der Waals surface area contributed by atoms with E-state index in [1.807, 2.05) is 109 Å². The van der Waals surface area contributed by atoms with Gasteiger partial charge in [0.15, 0.2) is 0 Å². The quantitative estimate of drug-likeness (QED) is 0.177. The van der Waals surface area contributed by atoms with Gasteiger partial charge in [-0.1, -0.05) is 152 Å². The minimum absolute atomic E-state index is 0.0755. The molecule has 0 spiro atoms. The van der Waals surface area contributed by atoms with E-state index in [1.54, 1.807) is 0 Å². The van der Waals surface area contributed by atoms with Gasteiger partial charge >= 0.3 is 0 Å². The normalized spacial score (nSPS) is 12.8. The Morgan fingerprint density at radius 1 is 0.388 bits per heavy atom. The second-order valence-corrected chi connectivity index (χ2v) is 12.5. The summed E-state index contributed by atoms with van der Waals surface area (Å²) in [5.74, 6) is 0. The highest BCUT2D eigenvalue weighted by Crippen LogP contribution is 2.47. The number of hydrogen-bond donors (Lipinski definition) is 0. The lowest BCUT2D eigenvalue weighted by Crippen LogP contribution is -1.91. The molecule has 1 heterocycles. The summed E-state index contributed by atoms with van der Waals surface area (Å²) in [7, 11) is 0. The van der Waals surface area contributed by atoms with Gasteiger partial charge in [0.2, 0.25) is 0 Å². The van der Waals surface area contributed by atoms with E-state index in [0.717, 1.165) is 82.1 Å². The zero-order valence-electron chi connectivity index (χ0n) is 30.4. The van der Waals surface area contributed by atoms with Crippen LogP contribution < -0.4 is 0 Å². The van der Waals surface area contributed by atoms with Crippen molar-refractivity contribution in [3.05, 3.63) is 182 Å². The average Bonchev–Trinajstić information content (AvgIpc) is 3.59. The summed E-state index contributed by atoms with van der Waals surface area (Å²) < 4.78 is 43.6. The number of benzene rings is 9. The molecular weight excluding hydrogens is 593 g/mol. The van der Waals surface area contributed by atoms with Crippen LogP contribution >= 0.6 is 0 Å². The molecule has 0 saturated heterocycles. The van der Waals surface area contributed by atoms with Crippen LogP contribution in [0.2, 0.25) is 0 Å². The largest absolute Gasteiger partial charge is 0.456 e. The van der Waals surface area contributed by atoms with Crippen LogP contribution in [-0.2, 0) is 0 Å². The van der Waals surface area contributed by atoms with Crippen molar-refractivity contribution in [1.29, 1.82) is 0 Å². The van der Waals surface area contributed by atoms with Gasteiger partial charge < -0.3 is 4.42 Å². The van der Waals surface area contributed by atoms with Crippen LogP contribution in [0.15, 0.2) is 186 Å². The first kappa shape index (κ1) is 23.8. The lowest BCUT2D eigenvalue weighted by molar-refractivity contribution is 0.669. The first-order chi connectivity index (χ1) is 26.0. The van der Waals surface area contributed by atoms with Crippen molar-refractivity contribution in [2.45, 2.75) is 0 Å². The maximum Gasteiger partial charge on any atom is 0.136 e. The molecule has 0 amide bonds. The highest BCUT2D eigenvalue weighted by Gasteiger charge is 2.20. The number of fused-ring (bicyclic) bond motifs is 6. The molecule has 0 fully saturated rings. The Bertz CT molecular complexity index is 3050. The SMILES string of the molecule is [2H]c1c([2H])c(-c2ccc3ccccc3c2)c([2H])c(-c2c3ccccc3c(-c3cccc4oc5cc(-c6ccccc6)ccc5c34)c3ccccc23)c1[2H]. The van der Waals surface area contributed by atoms with Gasteiger partial charge in [-0.2, -0.15) is 0 Å². The molecule has 0 atom stereocenters. The maximum absolute atomic E-state index is 9.70. The molecule has 0 aliphatic heterocycles.